The van der Waals surface area contributed by atoms with Crippen molar-refractivity contribution in [1.82, 2.24) is 4.98 Å². The normalized spacial score (nSPS) is 10.3. The van der Waals surface area contributed by atoms with Gasteiger partial charge in [0.05, 0.1) is 5.75 Å². The summed E-state index contributed by atoms with van der Waals surface area (Å²) in [7, 11) is -3.20. The average molecular weight is 230 g/mol. The van der Waals surface area contributed by atoms with E-state index < -0.39 is 10.0 Å². The highest BCUT2D eigenvalue weighted by Crippen LogP contribution is 1.94. The quantitative estimate of drug-likeness (QED) is 0.797. The topological polar surface area (TPSA) is 73.1 Å². The van der Waals surface area contributed by atoms with Crippen LogP contribution in [0, 0.1) is 0 Å². The van der Waals surface area contributed by atoms with Gasteiger partial charge in [0.1, 0.15) is 0 Å². The highest BCUT2D eigenvalue weighted by atomic mass is 32.2. The van der Waals surface area contributed by atoms with E-state index in [1.165, 1.54) is 0 Å². The first-order valence-electron chi connectivity index (χ1n) is 4.91. The van der Waals surface area contributed by atoms with Gasteiger partial charge in [-0.25, -0.2) is 13.6 Å². The number of primary sulfonamides is 1. The zero-order chi connectivity index (χ0) is 11.6. The SMILES string of the molecule is CCCCCS(N)(=O)=O.c1ccncc1. The molecule has 0 saturated heterocycles. The Bertz CT molecular complexity index is 298. The van der Waals surface area contributed by atoms with Gasteiger partial charge in [-0.1, -0.05) is 25.8 Å². The van der Waals surface area contributed by atoms with Crippen molar-refractivity contribution >= 4 is 10.0 Å². The minimum absolute atomic E-state index is 0.126. The van der Waals surface area contributed by atoms with Crippen molar-refractivity contribution in [3.8, 4) is 0 Å². The molecule has 0 unspecified atom stereocenters. The van der Waals surface area contributed by atoms with Crippen LogP contribution in [0.4, 0.5) is 0 Å². The molecule has 0 aromatic carbocycles. The Morgan fingerprint density at radius 1 is 1.13 bits per heavy atom. The summed E-state index contributed by atoms with van der Waals surface area (Å²) < 4.78 is 20.6. The summed E-state index contributed by atoms with van der Waals surface area (Å²) in [5.41, 5.74) is 0. The second-order valence-electron chi connectivity index (χ2n) is 3.10. The zero-order valence-electron chi connectivity index (χ0n) is 8.96. The van der Waals surface area contributed by atoms with E-state index in [0.717, 1.165) is 12.8 Å². The van der Waals surface area contributed by atoms with Gasteiger partial charge in [0.25, 0.3) is 0 Å². The van der Waals surface area contributed by atoms with Crippen LogP contribution in [-0.2, 0) is 10.0 Å². The van der Waals surface area contributed by atoms with Crippen molar-refractivity contribution in [2.45, 2.75) is 26.2 Å². The maximum Gasteiger partial charge on any atom is 0.209 e. The van der Waals surface area contributed by atoms with Crippen LogP contribution in [0.15, 0.2) is 30.6 Å². The van der Waals surface area contributed by atoms with Gasteiger partial charge >= 0.3 is 0 Å². The lowest BCUT2D eigenvalue weighted by molar-refractivity contribution is 0.592. The summed E-state index contributed by atoms with van der Waals surface area (Å²) in [4.78, 5) is 3.78. The van der Waals surface area contributed by atoms with Crippen molar-refractivity contribution in [1.29, 1.82) is 0 Å². The first-order valence-corrected chi connectivity index (χ1v) is 6.63. The molecule has 1 rings (SSSR count). The van der Waals surface area contributed by atoms with Gasteiger partial charge in [-0.15, -0.1) is 0 Å². The van der Waals surface area contributed by atoms with Gasteiger partial charge in [-0.2, -0.15) is 0 Å². The molecule has 0 amide bonds. The second-order valence-corrected chi connectivity index (χ2v) is 4.83. The van der Waals surface area contributed by atoms with Gasteiger partial charge in [0.2, 0.25) is 10.0 Å². The van der Waals surface area contributed by atoms with Crippen LogP contribution in [-0.4, -0.2) is 19.2 Å². The fourth-order valence-corrected chi connectivity index (χ4v) is 1.47. The number of pyridine rings is 1. The lowest BCUT2D eigenvalue weighted by Gasteiger charge is -1.94. The molecule has 1 heterocycles. The van der Waals surface area contributed by atoms with Crippen molar-refractivity contribution < 1.29 is 8.42 Å². The van der Waals surface area contributed by atoms with E-state index in [0.29, 0.717) is 6.42 Å². The monoisotopic (exact) mass is 230 g/mol. The fraction of sp³-hybridized carbons (Fsp3) is 0.500. The van der Waals surface area contributed by atoms with Crippen LogP contribution in [0.1, 0.15) is 26.2 Å². The number of unbranched alkanes of at least 4 members (excludes halogenated alkanes) is 2. The number of nitrogens with two attached hydrogens (primary N) is 1. The Morgan fingerprint density at radius 3 is 2.00 bits per heavy atom. The molecular weight excluding hydrogens is 212 g/mol. The number of nitrogens with zero attached hydrogens (tertiary/aromatic N) is 1. The molecule has 15 heavy (non-hydrogen) atoms. The molecule has 0 radical (unpaired) electrons. The molecule has 0 fully saturated rings. The average Bonchev–Trinajstić information content (AvgIpc) is 2.20. The van der Waals surface area contributed by atoms with Gasteiger partial charge < -0.3 is 0 Å². The Labute approximate surface area is 91.6 Å². The standard InChI is InChI=1S/C5H13NO2S.C5H5N/c1-2-3-4-5-9(6,7)8;1-2-4-6-5-3-1/h2-5H2,1H3,(H2,6,7,8);1-5H. The maximum absolute atomic E-state index is 10.3. The molecule has 0 aliphatic carbocycles. The Kier molecular flexibility index (Phi) is 7.85. The van der Waals surface area contributed by atoms with Crippen molar-refractivity contribution in [2.75, 3.05) is 5.75 Å². The Balaban J connectivity index is 0.000000280. The third-order valence-corrected chi connectivity index (χ3v) is 2.46. The fourth-order valence-electron chi connectivity index (χ4n) is 0.866. The van der Waals surface area contributed by atoms with Crippen LogP contribution >= 0.6 is 0 Å². The minimum atomic E-state index is -3.20. The molecule has 0 aliphatic heterocycles. The number of rotatable bonds is 4. The summed E-state index contributed by atoms with van der Waals surface area (Å²) in [6.45, 7) is 2.02. The van der Waals surface area contributed by atoms with E-state index in [2.05, 4.69) is 4.98 Å². The molecule has 5 heteroatoms. The number of sulfonamides is 1. The van der Waals surface area contributed by atoms with Crippen LogP contribution < -0.4 is 5.14 Å². The molecule has 0 aliphatic rings. The van der Waals surface area contributed by atoms with E-state index >= 15 is 0 Å². The molecule has 0 bridgehead atoms. The van der Waals surface area contributed by atoms with Crippen molar-refractivity contribution in [3.63, 3.8) is 0 Å². The minimum Gasteiger partial charge on any atom is -0.265 e. The number of hydrogen-bond acceptors (Lipinski definition) is 3. The molecule has 1 aromatic rings. The molecule has 4 nitrogen and oxygen atoms in total. The number of hydrogen-bond donors (Lipinski definition) is 1. The second kappa shape index (κ2) is 8.38. The molecule has 0 saturated carbocycles. The molecule has 0 spiro atoms. The first kappa shape index (κ1) is 14.1. The van der Waals surface area contributed by atoms with E-state index in [4.69, 9.17) is 5.14 Å². The van der Waals surface area contributed by atoms with Gasteiger partial charge in [0, 0.05) is 12.4 Å². The Morgan fingerprint density at radius 2 is 1.73 bits per heavy atom. The largest absolute Gasteiger partial charge is 0.265 e. The van der Waals surface area contributed by atoms with E-state index in [1.54, 1.807) is 12.4 Å². The van der Waals surface area contributed by atoms with Gasteiger partial charge in [0.15, 0.2) is 0 Å². The smallest absolute Gasteiger partial charge is 0.209 e. The highest BCUT2D eigenvalue weighted by Gasteiger charge is 1.99. The maximum atomic E-state index is 10.3. The summed E-state index contributed by atoms with van der Waals surface area (Å²) in [5.74, 6) is 0.126. The van der Waals surface area contributed by atoms with Crippen LogP contribution in [0.25, 0.3) is 0 Å². The number of aromatic nitrogens is 1. The zero-order valence-corrected chi connectivity index (χ0v) is 9.78. The van der Waals surface area contributed by atoms with E-state index in [1.807, 2.05) is 25.1 Å². The molecule has 86 valence electrons. The third-order valence-electron chi connectivity index (χ3n) is 1.60. The van der Waals surface area contributed by atoms with Gasteiger partial charge in [-0.3, -0.25) is 4.98 Å². The Hall–Kier alpha value is -0.940. The summed E-state index contributed by atoms with van der Waals surface area (Å²) >= 11 is 0. The van der Waals surface area contributed by atoms with Crippen LogP contribution in [0.3, 0.4) is 0 Å². The molecule has 0 atom stereocenters. The molecular formula is C10H18N2O2S. The lowest BCUT2D eigenvalue weighted by atomic mass is 10.3. The summed E-state index contributed by atoms with van der Waals surface area (Å²) in [6.07, 6.45) is 6.15. The van der Waals surface area contributed by atoms with E-state index in [9.17, 15) is 8.42 Å². The summed E-state index contributed by atoms with van der Waals surface area (Å²) in [5, 5.41) is 4.75. The van der Waals surface area contributed by atoms with Crippen LogP contribution in [0.2, 0.25) is 0 Å². The highest BCUT2D eigenvalue weighted by molar-refractivity contribution is 7.89. The van der Waals surface area contributed by atoms with Crippen molar-refractivity contribution in [3.05, 3.63) is 30.6 Å². The van der Waals surface area contributed by atoms with E-state index in [-0.39, 0.29) is 5.75 Å². The molecule has 1 aromatic heterocycles. The van der Waals surface area contributed by atoms with Gasteiger partial charge in [-0.05, 0) is 18.6 Å². The predicted molar refractivity (Wildman–Crippen MR) is 61.7 cm³/mol. The molecule has 2 N–H and O–H groups in total. The third kappa shape index (κ3) is 13.1. The first-order chi connectivity index (χ1) is 7.06. The predicted octanol–water partition coefficient (Wildman–Crippen LogP) is 1.55. The van der Waals surface area contributed by atoms with Crippen molar-refractivity contribution in [2.24, 2.45) is 5.14 Å². The summed E-state index contributed by atoms with van der Waals surface area (Å²) in [6, 6.07) is 5.72. The lowest BCUT2D eigenvalue weighted by Crippen LogP contribution is -2.16. The van der Waals surface area contributed by atoms with Crippen LogP contribution in [0.5, 0.6) is 0 Å².